The van der Waals surface area contributed by atoms with Gasteiger partial charge in [-0.25, -0.2) is 4.98 Å². The summed E-state index contributed by atoms with van der Waals surface area (Å²) in [6.07, 6.45) is 4.24. The second-order valence-electron chi connectivity index (χ2n) is 3.66. The molecule has 2 heterocycles. The smallest absolute Gasteiger partial charge is 0.123 e. The molecule has 1 atom stereocenters. The molecule has 0 aromatic carbocycles. The van der Waals surface area contributed by atoms with E-state index in [9.17, 15) is 0 Å². The quantitative estimate of drug-likeness (QED) is 0.649. The van der Waals surface area contributed by atoms with Gasteiger partial charge in [0.05, 0.1) is 11.9 Å². The lowest BCUT2D eigenvalue weighted by Crippen LogP contribution is -2.38. The van der Waals surface area contributed by atoms with Crippen LogP contribution in [0.1, 0.15) is 12.8 Å². The van der Waals surface area contributed by atoms with E-state index < -0.39 is 0 Å². The standard InChI is InChI=1S/C10H16N4/c11-10-4-3-9(7-13-10)14-8-2-1-5-12-6-8/h3-4,7-8,12,14H,1-2,5-6H2,(H2,11,13). The van der Waals surface area contributed by atoms with Gasteiger partial charge in [-0.2, -0.15) is 0 Å². The Hall–Kier alpha value is -1.29. The summed E-state index contributed by atoms with van der Waals surface area (Å²) in [5.74, 6) is 0.567. The van der Waals surface area contributed by atoms with Crippen molar-refractivity contribution >= 4 is 11.5 Å². The highest BCUT2D eigenvalue weighted by atomic mass is 15.0. The van der Waals surface area contributed by atoms with Crippen LogP contribution in [-0.2, 0) is 0 Å². The summed E-state index contributed by atoms with van der Waals surface area (Å²) in [6, 6.07) is 4.31. The number of aromatic nitrogens is 1. The van der Waals surface area contributed by atoms with Crippen LogP contribution in [0.15, 0.2) is 18.3 Å². The Bertz CT molecular complexity index is 277. The summed E-state index contributed by atoms with van der Waals surface area (Å²) < 4.78 is 0. The van der Waals surface area contributed by atoms with Crippen molar-refractivity contribution in [1.29, 1.82) is 0 Å². The van der Waals surface area contributed by atoms with Crippen molar-refractivity contribution in [2.24, 2.45) is 0 Å². The highest BCUT2D eigenvalue weighted by molar-refractivity contribution is 5.46. The van der Waals surface area contributed by atoms with Gasteiger partial charge in [0.2, 0.25) is 0 Å². The number of hydrogen-bond acceptors (Lipinski definition) is 4. The van der Waals surface area contributed by atoms with Crippen LogP contribution in [0.25, 0.3) is 0 Å². The maximum atomic E-state index is 5.51. The first kappa shape index (κ1) is 9.27. The van der Waals surface area contributed by atoms with Crippen molar-refractivity contribution in [3.05, 3.63) is 18.3 Å². The molecule has 4 nitrogen and oxygen atoms in total. The molecule has 1 unspecified atom stereocenters. The number of pyridine rings is 1. The third kappa shape index (κ3) is 2.35. The summed E-state index contributed by atoms with van der Waals surface area (Å²) >= 11 is 0. The zero-order valence-corrected chi connectivity index (χ0v) is 8.16. The Labute approximate surface area is 83.9 Å². The molecule has 0 spiro atoms. The highest BCUT2D eigenvalue weighted by Gasteiger charge is 2.11. The zero-order chi connectivity index (χ0) is 9.80. The topological polar surface area (TPSA) is 63.0 Å². The van der Waals surface area contributed by atoms with Crippen molar-refractivity contribution in [1.82, 2.24) is 10.3 Å². The zero-order valence-electron chi connectivity index (χ0n) is 8.16. The predicted molar refractivity (Wildman–Crippen MR) is 58.2 cm³/mol. The summed E-state index contributed by atoms with van der Waals surface area (Å²) in [4.78, 5) is 4.04. The van der Waals surface area contributed by atoms with Crippen LogP contribution >= 0.6 is 0 Å². The first-order valence-electron chi connectivity index (χ1n) is 5.03. The van der Waals surface area contributed by atoms with E-state index in [2.05, 4.69) is 15.6 Å². The van der Waals surface area contributed by atoms with Gasteiger partial charge >= 0.3 is 0 Å². The second-order valence-corrected chi connectivity index (χ2v) is 3.66. The summed E-state index contributed by atoms with van der Waals surface area (Å²) in [5, 5.41) is 6.79. The van der Waals surface area contributed by atoms with Gasteiger partial charge in [-0.3, -0.25) is 0 Å². The van der Waals surface area contributed by atoms with Crippen molar-refractivity contribution < 1.29 is 0 Å². The Kier molecular flexibility index (Phi) is 2.84. The first-order chi connectivity index (χ1) is 6.84. The van der Waals surface area contributed by atoms with Crippen molar-refractivity contribution in [2.45, 2.75) is 18.9 Å². The fraction of sp³-hybridized carbons (Fsp3) is 0.500. The lowest BCUT2D eigenvalue weighted by Gasteiger charge is -2.24. The molecule has 0 aliphatic carbocycles. The minimum atomic E-state index is 0.522. The van der Waals surface area contributed by atoms with E-state index >= 15 is 0 Å². The molecular weight excluding hydrogens is 176 g/mol. The molecule has 0 radical (unpaired) electrons. The minimum Gasteiger partial charge on any atom is -0.384 e. The van der Waals surface area contributed by atoms with Crippen LogP contribution in [0, 0.1) is 0 Å². The SMILES string of the molecule is Nc1ccc(NC2CCCNC2)cn1. The number of nitrogens with zero attached hydrogens (tertiary/aromatic N) is 1. The van der Waals surface area contributed by atoms with E-state index in [0.29, 0.717) is 11.9 Å². The van der Waals surface area contributed by atoms with Gasteiger partial charge < -0.3 is 16.4 Å². The normalized spacial score (nSPS) is 21.9. The second kappa shape index (κ2) is 4.28. The Morgan fingerprint density at radius 2 is 2.43 bits per heavy atom. The molecule has 76 valence electrons. The van der Waals surface area contributed by atoms with Gasteiger partial charge in [0.15, 0.2) is 0 Å². The lowest BCUT2D eigenvalue weighted by atomic mass is 10.1. The molecular formula is C10H16N4. The summed E-state index contributed by atoms with van der Waals surface area (Å²) in [6.45, 7) is 2.17. The average molecular weight is 192 g/mol. The van der Waals surface area contributed by atoms with Crippen molar-refractivity contribution in [2.75, 3.05) is 24.1 Å². The largest absolute Gasteiger partial charge is 0.384 e. The van der Waals surface area contributed by atoms with E-state index in [1.165, 1.54) is 12.8 Å². The van der Waals surface area contributed by atoms with Gasteiger partial charge in [-0.05, 0) is 31.5 Å². The number of rotatable bonds is 2. The molecule has 14 heavy (non-hydrogen) atoms. The fourth-order valence-electron chi connectivity index (χ4n) is 1.70. The lowest BCUT2D eigenvalue weighted by molar-refractivity contribution is 0.480. The molecule has 1 saturated heterocycles. The number of nitrogen functional groups attached to an aromatic ring is 1. The van der Waals surface area contributed by atoms with Gasteiger partial charge in [0.25, 0.3) is 0 Å². The molecule has 2 rings (SSSR count). The monoisotopic (exact) mass is 192 g/mol. The third-order valence-corrected chi connectivity index (χ3v) is 2.45. The number of nitrogens with two attached hydrogens (primary N) is 1. The Morgan fingerprint density at radius 3 is 3.07 bits per heavy atom. The van der Waals surface area contributed by atoms with Crippen LogP contribution in [0.4, 0.5) is 11.5 Å². The number of anilines is 2. The van der Waals surface area contributed by atoms with Crippen LogP contribution in [0.3, 0.4) is 0 Å². The fourth-order valence-corrected chi connectivity index (χ4v) is 1.70. The van der Waals surface area contributed by atoms with Crippen LogP contribution in [0.5, 0.6) is 0 Å². The predicted octanol–water partition coefficient (Wildman–Crippen LogP) is 0.828. The van der Waals surface area contributed by atoms with Gasteiger partial charge in [-0.1, -0.05) is 0 Å². The summed E-state index contributed by atoms with van der Waals surface area (Å²) in [5.41, 5.74) is 6.56. The van der Waals surface area contributed by atoms with Gasteiger partial charge in [0, 0.05) is 12.6 Å². The molecule has 4 N–H and O–H groups in total. The van der Waals surface area contributed by atoms with Crippen LogP contribution < -0.4 is 16.4 Å². The molecule has 1 fully saturated rings. The van der Waals surface area contributed by atoms with E-state index in [-0.39, 0.29) is 0 Å². The molecule has 1 aromatic rings. The maximum absolute atomic E-state index is 5.51. The molecule has 1 aliphatic rings. The summed E-state index contributed by atoms with van der Waals surface area (Å²) in [7, 11) is 0. The third-order valence-electron chi connectivity index (χ3n) is 2.45. The van der Waals surface area contributed by atoms with E-state index in [4.69, 9.17) is 5.73 Å². The Balaban J connectivity index is 1.92. The average Bonchev–Trinajstić information content (AvgIpc) is 2.23. The Morgan fingerprint density at radius 1 is 1.50 bits per heavy atom. The highest BCUT2D eigenvalue weighted by Crippen LogP contribution is 2.12. The van der Waals surface area contributed by atoms with Gasteiger partial charge in [0.1, 0.15) is 5.82 Å². The van der Waals surface area contributed by atoms with Gasteiger partial charge in [-0.15, -0.1) is 0 Å². The molecule has 0 bridgehead atoms. The number of nitrogens with one attached hydrogen (secondary N) is 2. The van der Waals surface area contributed by atoms with Crippen LogP contribution in [-0.4, -0.2) is 24.1 Å². The van der Waals surface area contributed by atoms with Crippen molar-refractivity contribution in [3.63, 3.8) is 0 Å². The molecule has 1 aromatic heterocycles. The maximum Gasteiger partial charge on any atom is 0.123 e. The minimum absolute atomic E-state index is 0.522. The molecule has 4 heteroatoms. The van der Waals surface area contributed by atoms with E-state index in [1.54, 1.807) is 6.20 Å². The number of piperidine rings is 1. The molecule has 1 aliphatic heterocycles. The number of hydrogen-bond donors (Lipinski definition) is 3. The van der Waals surface area contributed by atoms with Crippen molar-refractivity contribution in [3.8, 4) is 0 Å². The molecule has 0 amide bonds. The van der Waals surface area contributed by atoms with E-state index in [1.807, 2.05) is 12.1 Å². The van der Waals surface area contributed by atoms with Crippen LogP contribution in [0.2, 0.25) is 0 Å². The van der Waals surface area contributed by atoms with E-state index in [0.717, 1.165) is 18.8 Å². The molecule has 0 saturated carbocycles. The first-order valence-corrected chi connectivity index (χ1v) is 5.03.